The van der Waals surface area contributed by atoms with Gasteiger partial charge in [0.2, 0.25) is 0 Å². The van der Waals surface area contributed by atoms with Crippen LogP contribution in [0.15, 0.2) is 18.2 Å². The molecule has 0 atom stereocenters. The minimum absolute atomic E-state index is 0.1000. The number of para-hydroxylation sites is 1. The van der Waals surface area contributed by atoms with Gasteiger partial charge in [-0.1, -0.05) is 6.07 Å². The molecule has 0 aliphatic carbocycles. The molecule has 0 bridgehead atoms. The molecule has 1 aromatic rings. The summed E-state index contributed by atoms with van der Waals surface area (Å²) < 4.78 is 38.4. The first-order chi connectivity index (χ1) is 9.70. The number of nitrogen functional groups attached to an aromatic ring is 1. The average molecular weight is 299 g/mol. The van der Waals surface area contributed by atoms with Crippen molar-refractivity contribution in [2.45, 2.75) is 32.5 Å². The number of nitrogens with two attached hydrogens (primary N) is 1. The van der Waals surface area contributed by atoms with Crippen molar-refractivity contribution in [1.29, 1.82) is 5.26 Å². The minimum atomic E-state index is -4.62. The van der Waals surface area contributed by atoms with Gasteiger partial charge in [0.25, 0.3) is 5.91 Å². The predicted octanol–water partition coefficient (Wildman–Crippen LogP) is 3.05. The zero-order chi connectivity index (χ0) is 16.2. The lowest BCUT2D eigenvalue weighted by Gasteiger charge is -2.27. The molecule has 0 unspecified atom stereocenters. The number of carbonyl (C=O) groups is 1. The van der Waals surface area contributed by atoms with Crippen LogP contribution in [-0.4, -0.2) is 23.4 Å². The number of carbonyl (C=O) groups excluding carboxylic acids is 1. The lowest BCUT2D eigenvalue weighted by molar-refractivity contribution is -0.136. The van der Waals surface area contributed by atoms with E-state index < -0.39 is 23.3 Å². The van der Waals surface area contributed by atoms with Crippen molar-refractivity contribution in [3.8, 4) is 6.07 Å². The Kier molecular flexibility index (Phi) is 5.19. The molecule has 0 radical (unpaired) electrons. The van der Waals surface area contributed by atoms with E-state index in [0.29, 0.717) is 0 Å². The molecule has 1 amide bonds. The van der Waals surface area contributed by atoms with Gasteiger partial charge in [-0.2, -0.15) is 18.4 Å². The van der Waals surface area contributed by atoms with Gasteiger partial charge in [0.15, 0.2) is 0 Å². The highest BCUT2D eigenvalue weighted by atomic mass is 19.4. The van der Waals surface area contributed by atoms with Crippen LogP contribution in [0, 0.1) is 11.3 Å². The Morgan fingerprint density at radius 2 is 2.05 bits per heavy atom. The van der Waals surface area contributed by atoms with Crippen molar-refractivity contribution in [2.75, 3.05) is 12.3 Å². The summed E-state index contributed by atoms with van der Waals surface area (Å²) in [6.45, 7) is 3.58. The smallest absolute Gasteiger partial charge is 0.398 e. The van der Waals surface area contributed by atoms with Gasteiger partial charge in [0, 0.05) is 12.6 Å². The van der Waals surface area contributed by atoms with Gasteiger partial charge < -0.3 is 10.6 Å². The molecule has 0 fully saturated rings. The van der Waals surface area contributed by atoms with Crippen LogP contribution in [0.5, 0.6) is 0 Å². The van der Waals surface area contributed by atoms with Gasteiger partial charge >= 0.3 is 6.18 Å². The monoisotopic (exact) mass is 299 g/mol. The SMILES string of the molecule is CC(C)N(CCC#N)C(=O)c1cccc(C(F)(F)F)c1N. The fraction of sp³-hybridized carbons (Fsp3) is 0.429. The molecular formula is C14H16F3N3O. The van der Waals surface area contributed by atoms with E-state index in [4.69, 9.17) is 11.0 Å². The quantitative estimate of drug-likeness (QED) is 0.869. The maximum atomic E-state index is 12.8. The summed E-state index contributed by atoms with van der Waals surface area (Å²) in [5, 5.41) is 8.59. The third kappa shape index (κ3) is 3.88. The van der Waals surface area contributed by atoms with E-state index in [2.05, 4.69) is 0 Å². The first-order valence-electron chi connectivity index (χ1n) is 6.33. The Morgan fingerprint density at radius 1 is 1.43 bits per heavy atom. The van der Waals surface area contributed by atoms with Gasteiger partial charge in [-0.25, -0.2) is 0 Å². The van der Waals surface area contributed by atoms with Crippen LogP contribution in [-0.2, 0) is 6.18 Å². The summed E-state index contributed by atoms with van der Waals surface area (Å²) in [6, 6.07) is 4.90. The van der Waals surface area contributed by atoms with Crippen molar-refractivity contribution in [2.24, 2.45) is 0 Å². The minimum Gasteiger partial charge on any atom is -0.398 e. The van der Waals surface area contributed by atoms with Crippen molar-refractivity contribution < 1.29 is 18.0 Å². The highest BCUT2D eigenvalue weighted by Crippen LogP contribution is 2.35. The van der Waals surface area contributed by atoms with E-state index in [0.717, 1.165) is 12.1 Å². The molecule has 2 N–H and O–H groups in total. The molecule has 0 aromatic heterocycles. The lowest BCUT2D eigenvalue weighted by atomic mass is 10.0. The highest BCUT2D eigenvalue weighted by molar-refractivity contribution is 6.00. The zero-order valence-corrected chi connectivity index (χ0v) is 11.7. The normalized spacial score (nSPS) is 11.3. The van der Waals surface area contributed by atoms with Gasteiger partial charge in [-0.3, -0.25) is 4.79 Å². The van der Waals surface area contributed by atoms with Crippen molar-refractivity contribution >= 4 is 11.6 Å². The fourth-order valence-electron chi connectivity index (χ4n) is 1.92. The third-order valence-corrected chi connectivity index (χ3v) is 2.99. The Morgan fingerprint density at radius 3 is 2.52 bits per heavy atom. The Labute approximate surface area is 121 Å². The Bertz CT molecular complexity index is 562. The van der Waals surface area contributed by atoms with Crippen molar-refractivity contribution in [3.05, 3.63) is 29.3 Å². The Hall–Kier alpha value is -2.23. The van der Waals surface area contributed by atoms with E-state index in [1.807, 2.05) is 6.07 Å². The molecule has 0 spiro atoms. The van der Waals surface area contributed by atoms with E-state index in [-0.39, 0.29) is 24.6 Å². The number of nitriles is 1. The molecule has 7 heteroatoms. The fourth-order valence-corrected chi connectivity index (χ4v) is 1.92. The molecule has 1 rings (SSSR count). The molecule has 0 saturated heterocycles. The van der Waals surface area contributed by atoms with Crippen molar-refractivity contribution in [1.82, 2.24) is 4.90 Å². The number of benzene rings is 1. The summed E-state index contributed by atoms with van der Waals surface area (Å²) in [5.74, 6) is -0.608. The topological polar surface area (TPSA) is 70.1 Å². The molecule has 1 aromatic carbocycles. The Balaban J connectivity index is 3.21. The highest BCUT2D eigenvalue weighted by Gasteiger charge is 2.35. The maximum Gasteiger partial charge on any atom is 0.418 e. The number of nitrogens with zero attached hydrogens (tertiary/aromatic N) is 2. The summed E-state index contributed by atoms with van der Waals surface area (Å²) >= 11 is 0. The molecule has 21 heavy (non-hydrogen) atoms. The van der Waals surface area contributed by atoms with Gasteiger partial charge in [0.1, 0.15) is 0 Å². The van der Waals surface area contributed by atoms with E-state index >= 15 is 0 Å². The maximum absolute atomic E-state index is 12.8. The van der Waals surface area contributed by atoms with Crippen LogP contribution < -0.4 is 5.73 Å². The largest absolute Gasteiger partial charge is 0.418 e. The van der Waals surface area contributed by atoms with Crippen molar-refractivity contribution in [3.63, 3.8) is 0 Å². The number of anilines is 1. The van der Waals surface area contributed by atoms with Gasteiger partial charge in [0.05, 0.1) is 29.3 Å². The number of alkyl halides is 3. The summed E-state index contributed by atoms with van der Waals surface area (Å²) in [7, 11) is 0. The first-order valence-corrected chi connectivity index (χ1v) is 6.33. The second-order valence-electron chi connectivity index (χ2n) is 4.76. The number of hydrogen-bond donors (Lipinski definition) is 1. The van der Waals surface area contributed by atoms with Gasteiger partial charge in [-0.15, -0.1) is 0 Å². The molecule has 0 aliphatic rings. The standard InChI is InChI=1S/C14H16F3N3O/c1-9(2)20(8-4-7-18)13(21)10-5-3-6-11(12(10)19)14(15,16)17/h3,5-6,9H,4,8,19H2,1-2H3. The molecule has 4 nitrogen and oxygen atoms in total. The number of amides is 1. The van der Waals surface area contributed by atoms with Crippen LogP contribution >= 0.6 is 0 Å². The molecular weight excluding hydrogens is 283 g/mol. The van der Waals surface area contributed by atoms with Crippen LogP contribution in [0.4, 0.5) is 18.9 Å². The zero-order valence-electron chi connectivity index (χ0n) is 11.7. The molecule has 0 heterocycles. The van der Waals surface area contributed by atoms with Crippen LogP contribution in [0.1, 0.15) is 36.2 Å². The second kappa shape index (κ2) is 6.48. The molecule has 0 aliphatic heterocycles. The van der Waals surface area contributed by atoms with Crippen LogP contribution in [0.3, 0.4) is 0 Å². The number of hydrogen-bond acceptors (Lipinski definition) is 3. The van der Waals surface area contributed by atoms with Crippen LogP contribution in [0.2, 0.25) is 0 Å². The van der Waals surface area contributed by atoms with Gasteiger partial charge in [-0.05, 0) is 26.0 Å². The number of halogens is 3. The second-order valence-corrected chi connectivity index (χ2v) is 4.76. The van der Waals surface area contributed by atoms with E-state index in [9.17, 15) is 18.0 Å². The first kappa shape index (κ1) is 16.8. The third-order valence-electron chi connectivity index (χ3n) is 2.99. The number of rotatable bonds is 4. The lowest BCUT2D eigenvalue weighted by Crippen LogP contribution is -2.38. The summed E-state index contributed by atoms with van der Waals surface area (Å²) in [6.07, 6.45) is -4.52. The van der Waals surface area contributed by atoms with E-state index in [1.165, 1.54) is 11.0 Å². The molecule has 114 valence electrons. The average Bonchev–Trinajstić information content (AvgIpc) is 2.37. The predicted molar refractivity (Wildman–Crippen MR) is 72.3 cm³/mol. The summed E-state index contributed by atoms with van der Waals surface area (Å²) in [4.78, 5) is 13.7. The summed E-state index contributed by atoms with van der Waals surface area (Å²) in [5.41, 5.74) is 3.69. The van der Waals surface area contributed by atoms with Crippen LogP contribution in [0.25, 0.3) is 0 Å². The molecule has 0 saturated carbocycles. The van der Waals surface area contributed by atoms with E-state index in [1.54, 1.807) is 13.8 Å².